The van der Waals surface area contributed by atoms with Gasteiger partial charge in [-0.3, -0.25) is 4.79 Å². The number of methoxy groups -OCH3 is 1. The summed E-state index contributed by atoms with van der Waals surface area (Å²) < 4.78 is 35.7. The predicted octanol–water partition coefficient (Wildman–Crippen LogP) is 4.97. The zero-order chi connectivity index (χ0) is 28.9. The van der Waals surface area contributed by atoms with Crippen molar-refractivity contribution in [1.82, 2.24) is 19.6 Å². The van der Waals surface area contributed by atoms with Crippen LogP contribution in [0.2, 0.25) is 0 Å². The average Bonchev–Trinajstić information content (AvgIpc) is 3.51. The maximum Gasteiger partial charge on any atom is 0.328 e. The van der Waals surface area contributed by atoms with Crippen LogP contribution in [0.4, 0.5) is 4.79 Å². The molecule has 0 unspecified atom stereocenters. The Morgan fingerprint density at radius 3 is 2.37 bits per heavy atom. The second-order valence-electron chi connectivity index (χ2n) is 9.57. The van der Waals surface area contributed by atoms with Gasteiger partial charge in [-0.15, -0.1) is 11.3 Å². The van der Waals surface area contributed by atoms with Gasteiger partial charge >= 0.3 is 6.03 Å². The molecule has 12 heteroatoms. The van der Waals surface area contributed by atoms with Crippen molar-refractivity contribution in [2.45, 2.75) is 37.9 Å². The van der Waals surface area contributed by atoms with Crippen LogP contribution in [0.25, 0.3) is 22.5 Å². The van der Waals surface area contributed by atoms with Crippen LogP contribution in [0, 0.1) is 5.92 Å². The number of imidazole rings is 1. The minimum Gasteiger partial charge on any atom is -0.479 e. The van der Waals surface area contributed by atoms with Crippen molar-refractivity contribution in [3.8, 4) is 28.4 Å². The predicted molar refractivity (Wildman–Crippen MR) is 162 cm³/mol. The number of urea groups is 1. The van der Waals surface area contributed by atoms with E-state index in [1.807, 2.05) is 60.7 Å². The molecular weight excluding hydrogens is 571 g/mol. The third-order valence-corrected chi connectivity index (χ3v) is 9.11. The number of rotatable bonds is 11. The maximum atomic E-state index is 13.2. The SMILES string of the molecule is CCNC(=O)NS(=O)(=O)c1sc(CC(C)C)cc1-c1ccc(Cn2c(-c3ccccc3)nc(OC)c2C=O)cc1.[Na]. The second-order valence-corrected chi connectivity index (χ2v) is 12.6. The third-order valence-electron chi connectivity index (χ3n) is 6.08. The molecule has 4 rings (SSSR count). The fourth-order valence-electron chi connectivity index (χ4n) is 4.34. The number of amides is 2. The van der Waals surface area contributed by atoms with Crippen LogP contribution in [-0.4, -0.2) is 73.5 Å². The molecule has 1 radical (unpaired) electrons. The summed E-state index contributed by atoms with van der Waals surface area (Å²) in [6.07, 6.45) is 1.44. The number of nitrogens with one attached hydrogen (secondary N) is 2. The van der Waals surface area contributed by atoms with Gasteiger partial charge in [0.2, 0.25) is 5.88 Å². The Labute approximate surface area is 266 Å². The summed E-state index contributed by atoms with van der Waals surface area (Å²) in [5, 5.41) is 2.47. The van der Waals surface area contributed by atoms with E-state index >= 15 is 0 Å². The third kappa shape index (κ3) is 7.66. The van der Waals surface area contributed by atoms with Crippen molar-refractivity contribution in [1.29, 1.82) is 0 Å². The van der Waals surface area contributed by atoms with E-state index in [2.05, 4.69) is 28.9 Å². The van der Waals surface area contributed by atoms with Crippen molar-refractivity contribution in [3.63, 3.8) is 0 Å². The van der Waals surface area contributed by atoms with Crippen molar-refractivity contribution >= 4 is 63.2 Å². The molecule has 0 aliphatic rings. The molecule has 0 spiro atoms. The topological polar surface area (TPSA) is 119 Å². The summed E-state index contributed by atoms with van der Waals surface area (Å²) >= 11 is 1.17. The van der Waals surface area contributed by atoms with Gasteiger partial charge in [-0.2, -0.15) is 4.98 Å². The van der Waals surface area contributed by atoms with Crippen LogP contribution >= 0.6 is 11.3 Å². The van der Waals surface area contributed by atoms with Crippen LogP contribution in [0.1, 0.15) is 41.7 Å². The number of aromatic nitrogens is 2. The van der Waals surface area contributed by atoms with Gasteiger partial charge in [-0.1, -0.05) is 68.4 Å². The molecule has 2 heterocycles. The first kappa shape index (κ1) is 32.6. The molecule has 2 amide bonds. The zero-order valence-corrected chi connectivity index (χ0v) is 27.4. The molecule has 0 atom stereocenters. The number of ether oxygens (including phenoxy) is 1. The number of aldehydes is 1. The quantitative estimate of drug-likeness (QED) is 0.185. The van der Waals surface area contributed by atoms with E-state index in [0.29, 0.717) is 48.1 Å². The number of benzene rings is 2. The fraction of sp³-hybridized carbons (Fsp3) is 0.276. The first-order valence-corrected chi connectivity index (χ1v) is 15.1. The van der Waals surface area contributed by atoms with Gasteiger partial charge in [0.1, 0.15) is 15.7 Å². The number of hydrogen-bond acceptors (Lipinski definition) is 7. The monoisotopic (exact) mass is 603 g/mol. The Morgan fingerprint density at radius 2 is 1.78 bits per heavy atom. The Kier molecular flexibility index (Phi) is 11.3. The molecular formula is C29H32N4NaO5S2. The second kappa shape index (κ2) is 14.3. The maximum absolute atomic E-state index is 13.2. The van der Waals surface area contributed by atoms with Crippen LogP contribution in [0.3, 0.4) is 0 Å². The van der Waals surface area contributed by atoms with E-state index in [-0.39, 0.29) is 39.6 Å². The van der Waals surface area contributed by atoms with Crippen molar-refractivity contribution in [2.24, 2.45) is 5.92 Å². The summed E-state index contributed by atoms with van der Waals surface area (Å²) in [4.78, 5) is 29.5. The number of thiophene rings is 1. The Hall–Kier alpha value is -2.96. The minimum absolute atomic E-state index is 0. The van der Waals surface area contributed by atoms with Crippen molar-refractivity contribution in [2.75, 3.05) is 13.7 Å². The van der Waals surface area contributed by atoms with Gasteiger partial charge in [0.15, 0.2) is 6.29 Å². The van der Waals surface area contributed by atoms with Crippen molar-refractivity contribution in [3.05, 3.63) is 76.8 Å². The van der Waals surface area contributed by atoms with Crippen LogP contribution in [-0.2, 0) is 23.0 Å². The summed E-state index contributed by atoms with van der Waals surface area (Å²) in [6.45, 7) is 6.50. The molecule has 2 aromatic heterocycles. The molecule has 4 aromatic rings. The van der Waals surface area contributed by atoms with Crippen LogP contribution in [0.5, 0.6) is 5.88 Å². The van der Waals surface area contributed by atoms with E-state index in [9.17, 15) is 18.0 Å². The van der Waals surface area contributed by atoms with Gasteiger partial charge in [0.25, 0.3) is 10.0 Å². The molecule has 0 saturated heterocycles. The number of sulfonamides is 1. The van der Waals surface area contributed by atoms with Gasteiger partial charge < -0.3 is 14.6 Å². The van der Waals surface area contributed by atoms with Gasteiger partial charge in [0.05, 0.1) is 7.11 Å². The molecule has 9 nitrogen and oxygen atoms in total. The normalized spacial score (nSPS) is 11.1. The van der Waals surface area contributed by atoms with Gasteiger partial charge in [-0.25, -0.2) is 17.9 Å². The number of nitrogens with zero attached hydrogens (tertiary/aromatic N) is 2. The number of hydrogen-bond donors (Lipinski definition) is 2. The van der Waals surface area contributed by atoms with E-state index in [1.54, 1.807) is 11.5 Å². The van der Waals surface area contributed by atoms with E-state index in [0.717, 1.165) is 22.3 Å². The standard InChI is InChI=1S/C29H32N4O5S2.Na/c1-5-30-29(35)32-40(36,37)28-24(16-23(39-28)15-19(2)3)21-13-11-20(12-14-21)17-33-25(18-34)27(38-4)31-26(33)22-9-7-6-8-10-22;/h6-14,16,18-19H,5,15,17H2,1-4H3,(H2,30,32,35);. The van der Waals surface area contributed by atoms with Gasteiger partial charge in [0, 0.05) is 58.7 Å². The summed E-state index contributed by atoms with van der Waals surface area (Å²) in [5.74, 6) is 1.18. The Balaban J connectivity index is 0.00000462. The zero-order valence-electron chi connectivity index (χ0n) is 23.8. The largest absolute Gasteiger partial charge is 0.479 e. The summed E-state index contributed by atoms with van der Waals surface area (Å²) in [6, 6.07) is 18.1. The molecule has 2 N–H and O–H groups in total. The summed E-state index contributed by atoms with van der Waals surface area (Å²) in [5.41, 5.74) is 3.29. The summed E-state index contributed by atoms with van der Waals surface area (Å²) in [7, 11) is -2.61. The molecule has 2 aromatic carbocycles. The number of carbonyl (C=O) groups is 2. The Morgan fingerprint density at radius 1 is 1.10 bits per heavy atom. The van der Waals surface area contributed by atoms with E-state index in [1.165, 1.54) is 18.4 Å². The first-order valence-electron chi connectivity index (χ1n) is 12.8. The molecule has 0 aliphatic heterocycles. The minimum atomic E-state index is -4.09. The number of carbonyl (C=O) groups excluding carboxylic acids is 2. The first-order chi connectivity index (χ1) is 19.2. The molecule has 0 aliphatic carbocycles. The fourth-order valence-corrected chi connectivity index (χ4v) is 7.22. The molecule has 211 valence electrons. The van der Waals surface area contributed by atoms with Crippen LogP contribution in [0.15, 0.2) is 64.9 Å². The van der Waals surface area contributed by atoms with E-state index < -0.39 is 16.1 Å². The van der Waals surface area contributed by atoms with Crippen molar-refractivity contribution < 1.29 is 22.7 Å². The molecule has 41 heavy (non-hydrogen) atoms. The van der Waals surface area contributed by atoms with Crippen LogP contribution < -0.4 is 14.8 Å². The Bertz CT molecular complexity index is 1600. The molecule has 0 saturated carbocycles. The average molecular weight is 604 g/mol. The van der Waals surface area contributed by atoms with Gasteiger partial charge in [-0.05, 0) is 36.5 Å². The van der Waals surface area contributed by atoms with E-state index in [4.69, 9.17) is 4.74 Å². The molecule has 0 fully saturated rings. The molecule has 0 bridgehead atoms. The smallest absolute Gasteiger partial charge is 0.328 e.